The van der Waals surface area contributed by atoms with E-state index < -0.39 is 0 Å². The van der Waals surface area contributed by atoms with E-state index in [9.17, 15) is 0 Å². The smallest absolute Gasteiger partial charge is 0.160 e. The molecule has 6 heteroatoms. The van der Waals surface area contributed by atoms with Gasteiger partial charge < -0.3 is 16.0 Å². The third-order valence-electron chi connectivity index (χ3n) is 3.17. The number of rotatable bonds is 5. The maximum absolute atomic E-state index is 6.18. The van der Waals surface area contributed by atoms with Crippen molar-refractivity contribution in [2.24, 2.45) is 0 Å². The lowest BCUT2D eigenvalue weighted by atomic mass is 10.3. The van der Waals surface area contributed by atoms with Crippen LogP contribution < -0.4 is 16.0 Å². The van der Waals surface area contributed by atoms with Crippen LogP contribution in [0.4, 0.5) is 23.1 Å². The fourth-order valence-corrected chi connectivity index (χ4v) is 1.99. The van der Waals surface area contributed by atoms with Gasteiger partial charge in [-0.25, -0.2) is 15.0 Å². The summed E-state index contributed by atoms with van der Waals surface area (Å²) in [7, 11) is 0. The van der Waals surface area contributed by atoms with Crippen LogP contribution in [0.15, 0.2) is 24.7 Å². The van der Waals surface area contributed by atoms with Crippen LogP contribution in [0, 0.1) is 6.92 Å². The summed E-state index contributed by atoms with van der Waals surface area (Å²) in [6.07, 6.45) is 3.25. The number of nitrogen functional groups attached to an aromatic ring is 1. The molecule has 2 heterocycles. The molecule has 0 aliphatic heterocycles. The van der Waals surface area contributed by atoms with Gasteiger partial charge in [0.2, 0.25) is 0 Å². The van der Waals surface area contributed by atoms with Gasteiger partial charge in [0.05, 0.1) is 0 Å². The quantitative estimate of drug-likeness (QED) is 0.869. The largest absolute Gasteiger partial charge is 0.393 e. The van der Waals surface area contributed by atoms with Gasteiger partial charge in [-0.3, -0.25) is 0 Å². The molecule has 6 nitrogen and oxygen atoms in total. The van der Waals surface area contributed by atoms with Crippen molar-refractivity contribution in [2.45, 2.75) is 20.8 Å². The van der Waals surface area contributed by atoms with Crippen LogP contribution in [-0.2, 0) is 0 Å². The molecule has 0 fully saturated rings. The molecule has 0 saturated heterocycles. The van der Waals surface area contributed by atoms with Crippen molar-refractivity contribution in [3.05, 3.63) is 30.2 Å². The van der Waals surface area contributed by atoms with Gasteiger partial charge in [-0.05, 0) is 32.4 Å². The minimum atomic E-state index is 0.543. The molecule has 106 valence electrons. The summed E-state index contributed by atoms with van der Waals surface area (Å²) in [5.41, 5.74) is 7.76. The van der Waals surface area contributed by atoms with Gasteiger partial charge >= 0.3 is 0 Å². The zero-order valence-corrected chi connectivity index (χ0v) is 12.1. The molecule has 2 aromatic rings. The third kappa shape index (κ3) is 2.79. The lowest BCUT2D eigenvalue weighted by Gasteiger charge is -2.22. The Kier molecular flexibility index (Phi) is 4.34. The highest BCUT2D eigenvalue weighted by Crippen LogP contribution is 2.28. The average Bonchev–Trinajstić information content (AvgIpc) is 2.46. The Hall–Kier alpha value is -2.37. The van der Waals surface area contributed by atoms with Crippen LogP contribution in [0.3, 0.4) is 0 Å². The summed E-state index contributed by atoms with van der Waals surface area (Å²) in [5, 5.41) is 3.17. The lowest BCUT2D eigenvalue weighted by molar-refractivity contribution is 0.844. The van der Waals surface area contributed by atoms with Crippen molar-refractivity contribution in [1.82, 2.24) is 15.0 Å². The number of pyridine rings is 1. The summed E-state index contributed by atoms with van der Waals surface area (Å²) >= 11 is 0. The Labute approximate surface area is 119 Å². The predicted molar refractivity (Wildman–Crippen MR) is 82.3 cm³/mol. The summed E-state index contributed by atoms with van der Waals surface area (Å²) < 4.78 is 0. The van der Waals surface area contributed by atoms with E-state index in [1.807, 2.05) is 19.1 Å². The van der Waals surface area contributed by atoms with E-state index in [1.54, 1.807) is 6.20 Å². The zero-order chi connectivity index (χ0) is 14.5. The number of nitrogens with one attached hydrogen (secondary N) is 1. The molecule has 0 radical (unpaired) electrons. The number of aromatic nitrogens is 3. The second-order valence-electron chi connectivity index (χ2n) is 4.43. The van der Waals surface area contributed by atoms with Gasteiger partial charge in [-0.2, -0.15) is 0 Å². The molecule has 0 amide bonds. The van der Waals surface area contributed by atoms with Crippen molar-refractivity contribution in [2.75, 3.05) is 29.0 Å². The van der Waals surface area contributed by atoms with Crippen molar-refractivity contribution in [1.29, 1.82) is 0 Å². The number of aryl methyl sites for hydroxylation is 1. The molecule has 0 saturated carbocycles. The molecule has 0 spiro atoms. The van der Waals surface area contributed by atoms with Crippen LogP contribution >= 0.6 is 0 Å². The van der Waals surface area contributed by atoms with Crippen molar-refractivity contribution >= 4 is 23.1 Å². The molecule has 0 aromatic carbocycles. The Morgan fingerprint density at radius 3 is 2.55 bits per heavy atom. The molecule has 0 unspecified atom stereocenters. The molecule has 0 aliphatic rings. The molecule has 20 heavy (non-hydrogen) atoms. The minimum Gasteiger partial charge on any atom is -0.393 e. The van der Waals surface area contributed by atoms with E-state index in [0.29, 0.717) is 11.5 Å². The second kappa shape index (κ2) is 6.18. The van der Waals surface area contributed by atoms with Crippen LogP contribution in [0.2, 0.25) is 0 Å². The topological polar surface area (TPSA) is 80.0 Å². The molecule has 0 aliphatic carbocycles. The third-order valence-corrected chi connectivity index (χ3v) is 3.17. The van der Waals surface area contributed by atoms with E-state index in [1.165, 1.54) is 6.33 Å². The number of anilines is 4. The van der Waals surface area contributed by atoms with Gasteiger partial charge in [-0.1, -0.05) is 6.07 Å². The first-order valence-electron chi connectivity index (χ1n) is 6.71. The zero-order valence-electron chi connectivity index (χ0n) is 12.1. The van der Waals surface area contributed by atoms with Gasteiger partial charge in [0.15, 0.2) is 11.6 Å². The molecule has 3 N–H and O–H groups in total. The number of hydrogen-bond donors (Lipinski definition) is 2. The lowest BCUT2D eigenvalue weighted by Crippen LogP contribution is -2.24. The second-order valence-corrected chi connectivity index (χ2v) is 4.43. The maximum Gasteiger partial charge on any atom is 0.160 e. The molecule has 2 rings (SSSR count). The van der Waals surface area contributed by atoms with Crippen molar-refractivity contribution in [3.8, 4) is 0 Å². The first kappa shape index (κ1) is 14.0. The standard InChI is InChI=1S/C14H20N6/c1-4-20(5-2)14-11(15)13(17-9-18-14)19-12-10(3)7-6-8-16-12/h6-9H,4-5,15H2,1-3H3,(H,16,17,18,19). The number of hydrogen-bond acceptors (Lipinski definition) is 6. The molecule has 0 bridgehead atoms. The summed E-state index contributed by atoms with van der Waals surface area (Å²) in [6, 6.07) is 3.88. The van der Waals surface area contributed by atoms with Gasteiger partial charge in [-0.15, -0.1) is 0 Å². The minimum absolute atomic E-state index is 0.543. The molecule has 2 aromatic heterocycles. The first-order chi connectivity index (χ1) is 9.67. The Morgan fingerprint density at radius 2 is 1.90 bits per heavy atom. The van der Waals surface area contributed by atoms with Crippen LogP contribution in [0.1, 0.15) is 19.4 Å². The highest BCUT2D eigenvalue weighted by Gasteiger charge is 2.13. The van der Waals surface area contributed by atoms with Gasteiger partial charge in [0, 0.05) is 19.3 Å². The summed E-state index contributed by atoms with van der Waals surface area (Å²) in [5.74, 6) is 2.09. The fourth-order valence-electron chi connectivity index (χ4n) is 1.99. The van der Waals surface area contributed by atoms with Crippen LogP contribution in [-0.4, -0.2) is 28.0 Å². The van der Waals surface area contributed by atoms with E-state index in [0.717, 1.165) is 30.3 Å². The van der Waals surface area contributed by atoms with Gasteiger partial charge in [0.1, 0.15) is 17.8 Å². The predicted octanol–water partition coefficient (Wildman–Crippen LogP) is 2.35. The molecule has 0 atom stereocenters. The van der Waals surface area contributed by atoms with E-state index >= 15 is 0 Å². The number of nitrogens with zero attached hydrogens (tertiary/aromatic N) is 4. The van der Waals surface area contributed by atoms with Gasteiger partial charge in [0.25, 0.3) is 0 Å². The van der Waals surface area contributed by atoms with E-state index in [-0.39, 0.29) is 0 Å². The van der Waals surface area contributed by atoms with Crippen molar-refractivity contribution in [3.63, 3.8) is 0 Å². The fraction of sp³-hybridized carbons (Fsp3) is 0.357. The van der Waals surface area contributed by atoms with Crippen LogP contribution in [0.5, 0.6) is 0 Å². The Balaban J connectivity index is 2.34. The maximum atomic E-state index is 6.18. The molecular weight excluding hydrogens is 252 g/mol. The SMILES string of the molecule is CCN(CC)c1ncnc(Nc2ncccc2C)c1N. The van der Waals surface area contributed by atoms with Crippen LogP contribution in [0.25, 0.3) is 0 Å². The Bertz CT molecular complexity index is 580. The molecular formula is C14H20N6. The number of nitrogens with two attached hydrogens (primary N) is 1. The monoisotopic (exact) mass is 272 g/mol. The highest BCUT2D eigenvalue weighted by atomic mass is 15.2. The Morgan fingerprint density at radius 1 is 1.15 bits per heavy atom. The van der Waals surface area contributed by atoms with E-state index in [4.69, 9.17) is 5.73 Å². The summed E-state index contributed by atoms with van der Waals surface area (Å²) in [6.45, 7) is 7.82. The van der Waals surface area contributed by atoms with Crippen molar-refractivity contribution < 1.29 is 0 Å². The summed E-state index contributed by atoms with van der Waals surface area (Å²) in [4.78, 5) is 14.9. The average molecular weight is 272 g/mol. The normalized spacial score (nSPS) is 10.3. The van der Waals surface area contributed by atoms with E-state index in [2.05, 4.69) is 39.0 Å². The highest BCUT2D eigenvalue weighted by molar-refractivity contribution is 5.78. The first-order valence-corrected chi connectivity index (χ1v) is 6.71.